The van der Waals surface area contributed by atoms with E-state index in [0.717, 1.165) is 69.3 Å². The molecule has 2 aliphatic rings. The lowest BCUT2D eigenvalue weighted by Gasteiger charge is -2.32. The van der Waals surface area contributed by atoms with Crippen LogP contribution in [0.4, 0.5) is 0 Å². The Morgan fingerprint density at radius 2 is 2.00 bits per heavy atom. The zero-order chi connectivity index (χ0) is 19.8. The fourth-order valence-electron chi connectivity index (χ4n) is 4.64. The van der Waals surface area contributed by atoms with E-state index in [9.17, 15) is 0 Å². The van der Waals surface area contributed by atoms with Crippen LogP contribution >= 0.6 is 0 Å². The lowest BCUT2D eigenvalue weighted by molar-refractivity contribution is 0.0976. The Hall–Kier alpha value is -2.31. The maximum absolute atomic E-state index is 6.47. The van der Waals surface area contributed by atoms with E-state index in [2.05, 4.69) is 45.1 Å². The summed E-state index contributed by atoms with van der Waals surface area (Å²) in [6, 6.07) is 9.03. The second-order valence-corrected chi connectivity index (χ2v) is 8.33. The summed E-state index contributed by atoms with van der Waals surface area (Å²) in [6.07, 6.45) is 5.61. The molecule has 0 aliphatic carbocycles. The van der Waals surface area contributed by atoms with Crippen LogP contribution in [0.5, 0.6) is 5.75 Å². The summed E-state index contributed by atoms with van der Waals surface area (Å²) in [5.74, 6) is 1.94. The van der Waals surface area contributed by atoms with Gasteiger partial charge in [-0.1, -0.05) is 11.2 Å². The molecule has 3 aromatic rings. The number of hydrogen-bond donors (Lipinski definition) is 0. The molecular formula is C23H29N3O3. The van der Waals surface area contributed by atoms with Crippen molar-refractivity contribution in [2.45, 2.75) is 51.8 Å². The highest BCUT2D eigenvalue weighted by Crippen LogP contribution is 2.32. The molecule has 2 aliphatic heterocycles. The first-order chi connectivity index (χ1) is 14.2. The maximum atomic E-state index is 6.47. The van der Waals surface area contributed by atoms with Gasteiger partial charge in [-0.3, -0.25) is 4.90 Å². The van der Waals surface area contributed by atoms with Crippen molar-refractivity contribution in [3.8, 4) is 5.75 Å². The van der Waals surface area contributed by atoms with Gasteiger partial charge in [0.25, 0.3) is 0 Å². The first-order valence-corrected chi connectivity index (χ1v) is 10.7. The summed E-state index contributed by atoms with van der Waals surface area (Å²) in [5.41, 5.74) is 3.48. The van der Waals surface area contributed by atoms with Crippen LogP contribution in [0, 0.1) is 13.8 Å². The van der Waals surface area contributed by atoms with Gasteiger partial charge in [-0.2, -0.15) is 0 Å². The van der Waals surface area contributed by atoms with Crippen molar-refractivity contribution in [2.75, 3.05) is 26.3 Å². The van der Waals surface area contributed by atoms with E-state index in [1.165, 1.54) is 16.5 Å². The number of aryl methyl sites for hydroxylation is 2. The number of ether oxygens (including phenoxy) is 2. The Kier molecular flexibility index (Phi) is 5.06. The van der Waals surface area contributed by atoms with E-state index in [4.69, 9.17) is 14.0 Å². The van der Waals surface area contributed by atoms with Crippen LogP contribution in [0.2, 0.25) is 0 Å². The number of hydrogen-bond acceptors (Lipinski definition) is 5. The summed E-state index contributed by atoms with van der Waals surface area (Å²) in [6.45, 7) is 8.65. The standard InChI is InChI=1S/C23H29N3O3/c1-16-21(17(2)29-24-16)14-25-10-6-19(7-11-25)28-23-5-3-4-22-20(23)8-12-26(22)18-9-13-27-15-18/h3-5,8,12,18-19H,6-7,9-11,13-15H2,1-2H3. The van der Waals surface area contributed by atoms with E-state index in [1.807, 2.05) is 13.8 Å². The molecule has 0 bridgehead atoms. The molecule has 6 heteroatoms. The van der Waals surface area contributed by atoms with Crippen LogP contribution in [-0.4, -0.2) is 47.0 Å². The predicted octanol–water partition coefficient (Wildman–Crippen LogP) is 4.25. The van der Waals surface area contributed by atoms with Crippen molar-refractivity contribution in [3.05, 3.63) is 47.5 Å². The molecule has 0 radical (unpaired) electrons. The molecule has 6 nitrogen and oxygen atoms in total. The van der Waals surface area contributed by atoms with Crippen LogP contribution in [0.15, 0.2) is 35.0 Å². The van der Waals surface area contributed by atoms with Gasteiger partial charge >= 0.3 is 0 Å². The van der Waals surface area contributed by atoms with Crippen molar-refractivity contribution in [1.29, 1.82) is 0 Å². The molecule has 2 fully saturated rings. The molecule has 0 saturated carbocycles. The fourth-order valence-corrected chi connectivity index (χ4v) is 4.64. The zero-order valence-electron chi connectivity index (χ0n) is 17.3. The number of nitrogens with zero attached hydrogens (tertiary/aromatic N) is 3. The number of piperidine rings is 1. The van der Waals surface area contributed by atoms with Gasteiger partial charge in [0.1, 0.15) is 17.6 Å². The third-order valence-corrected chi connectivity index (χ3v) is 6.41. The Morgan fingerprint density at radius 3 is 2.72 bits per heavy atom. The zero-order valence-corrected chi connectivity index (χ0v) is 17.3. The number of aromatic nitrogens is 2. The summed E-state index contributed by atoms with van der Waals surface area (Å²) in [4.78, 5) is 2.48. The molecule has 0 amide bonds. The van der Waals surface area contributed by atoms with Crippen LogP contribution in [0.3, 0.4) is 0 Å². The highest BCUT2D eigenvalue weighted by atomic mass is 16.5. The lowest BCUT2D eigenvalue weighted by atomic mass is 10.1. The smallest absolute Gasteiger partial charge is 0.138 e. The minimum atomic E-state index is 0.264. The van der Waals surface area contributed by atoms with E-state index >= 15 is 0 Å². The molecule has 0 N–H and O–H groups in total. The van der Waals surface area contributed by atoms with Crippen LogP contribution < -0.4 is 4.74 Å². The van der Waals surface area contributed by atoms with Gasteiger partial charge in [0.2, 0.25) is 0 Å². The van der Waals surface area contributed by atoms with Crippen molar-refractivity contribution >= 4 is 10.9 Å². The molecule has 154 valence electrons. The summed E-state index contributed by atoms with van der Waals surface area (Å²) < 4.78 is 19.7. The molecule has 2 saturated heterocycles. The Bertz CT molecular complexity index is 959. The average molecular weight is 396 g/mol. The Morgan fingerprint density at radius 1 is 1.14 bits per heavy atom. The summed E-state index contributed by atoms with van der Waals surface area (Å²) in [7, 11) is 0. The molecule has 0 spiro atoms. The normalized spacial score (nSPS) is 21.2. The first kappa shape index (κ1) is 18.7. The first-order valence-electron chi connectivity index (χ1n) is 10.7. The fraction of sp³-hybridized carbons (Fsp3) is 0.522. The minimum Gasteiger partial charge on any atom is -0.490 e. The molecule has 1 aromatic carbocycles. The molecular weight excluding hydrogens is 366 g/mol. The minimum absolute atomic E-state index is 0.264. The van der Waals surface area contributed by atoms with Crippen LogP contribution in [0.1, 0.15) is 42.3 Å². The monoisotopic (exact) mass is 395 g/mol. The largest absolute Gasteiger partial charge is 0.490 e. The van der Waals surface area contributed by atoms with Crippen molar-refractivity contribution in [3.63, 3.8) is 0 Å². The van der Waals surface area contributed by atoms with Crippen molar-refractivity contribution < 1.29 is 14.0 Å². The van der Waals surface area contributed by atoms with E-state index in [-0.39, 0.29) is 6.10 Å². The van der Waals surface area contributed by atoms with Gasteiger partial charge in [0, 0.05) is 43.4 Å². The van der Waals surface area contributed by atoms with Gasteiger partial charge in [-0.15, -0.1) is 0 Å². The Balaban J connectivity index is 1.24. The lowest BCUT2D eigenvalue weighted by Crippen LogP contribution is -2.38. The third-order valence-electron chi connectivity index (χ3n) is 6.41. The van der Waals surface area contributed by atoms with Crippen LogP contribution in [0.25, 0.3) is 10.9 Å². The van der Waals surface area contributed by atoms with Crippen LogP contribution in [-0.2, 0) is 11.3 Å². The molecule has 1 atom stereocenters. The van der Waals surface area contributed by atoms with Crippen molar-refractivity contribution in [2.24, 2.45) is 0 Å². The van der Waals surface area contributed by atoms with Gasteiger partial charge in [-0.05, 0) is 51.3 Å². The number of rotatable bonds is 5. The maximum Gasteiger partial charge on any atom is 0.138 e. The molecule has 2 aromatic heterocycles. The number of fused-ring (bicyclic) bond motifs is 1. The quantitative estimate of drug-likeness (QED) is 0.646. The molecule has 1 unspecified atom stereocenters. The van der Waals surface area contributed by atoms with Gasteiger partial charge in [-0.25, -0.2) is 0 Å². The predicted molar refractivity (Wildman–Crippen MR) is 111 cm³/mol. The average Bonchev–Trinajstić information content (AvgIpc) is 3.46. The van der Waals surface area contributed by atoms with Gasteiger partial charge in [0.05, 0.1) is 23.9 Å². The topological polar surface area (TPSA) is 52.7 Å². The molecule has 29 heavy (non-hydrogen) atoms. The Labute approximate surface area is 171 Å². The van der Waals surface area contributed by atoms with E-state index in [1.54, 1.807) is 0 Å². The SMILES string of the molecule is Cc1noc(C)c1CN1CCC(Oc2cccc3c2ccn3C2CCOC2)CC1. The van der Waals surface area contributed by atoms with Gasteiger partial charge < -0.3 is 18.6 Å². The number of likely N-dealkylation sites (tertiary alicyclic amines) is 1. The molecule has 5 rings (SSSR count). The van der Waals surface area contributed by atoms with E-state index in [0.29, 0.717) is 6.04 Å². The second kappa shape index (κ2) is 7.84. The van der Waals surface area contributed by atoms with E-state index < -0.39 is 0 Å². The second-order valence-electron chi connectivity index (χ2n) is 8.33. The highest BCUT2D eigenvalue weighted by Gasteiger charge is 2.24. The molecule has 4 heterocycles. The van der Waals surface area contributed by atoms with Crippen molar-refractivity contribution in [1.82, 2.24) is 14.6 Å². The summed E-state index contributed by atoms with van der Waals surface area (Å²) in [5, 5.41) is 5.28. The highest BCUT2D eigenvalue weighted by molar-refractivity contribution is 5.86. The third kappa shape index (κ3) is 3.67. The number of benzene rings is 1. The van der Waals surface area contributed by atoms with Gasteiger partial charge in [0.15, 0.2) is 0 Å². The summed E-state index contributed by atoms with van der Waals surface area (Å²) >= 11 is 0.